The number of thiophene rings is 1. The van der Waals surface area contributed by atoms with Crippen LogP contribution in [0.5, 0.6) is 0 Å². The van der Waals surface area contributed by atoms with E-state index in [1.54, 1.807) is 0 Å². The van der Waals surface area contributed by atoms with Crippen LogP contribution in [0.3, 0.4) is 0 Å². The Kier molecular flexibility index (Phi) is 10.3. The van der Waals surface area contributed by atoms with Crippen LogP contribution in [0.1, 0.15) is 52.7 Å². The summed E-state index contributed by atoms with van der Waals surface area (Å²) in [5.74, 6) is 0. The molecule has 39 heavy (non-hydrogen) atoms. The molecule has 0 saturated carbocycles. The molecule has 0 nitrogen and oxygen atoms in total. The van der Waals surface area contributed by atoms with Crippen molar-refractivity contribution in [1.29, 1.82) is 0 Å². The summed E-state index contributed by atoms with van der Waals surface area (Å²) in [5.41, 5.74) is 3.02. The third kappa shape index (κ3) is 6.88. The molecule has 2 atom stereocenters. The van der Waals surface area contributed by atoms with Gasteiger partial charge in [0.2, 0.25) is 0 Å². The van der Waals surface area contributed by atoms with E-state index in [2.05, 4.69) is 139 Å². The van der Waals surface area contributed by atoms with Crippen LogP contribution in [-0.2, 0) is 12.3 Å². The lowest BCUT2D eigenvalue weighted by atomic mass is 10.1. The van der Waals surface area contributed by atoms with Crippen LogP contribution in [0.4, 0.5) is 0 Å². The summed E-state index contributed by atoms with van der Waals surface area (Å²) in [5, 5.41) is 6.36. The summed E-state index contributed by atoms with van der Waals surface area (Å²) in [4.78, 5) is 0. The molecule has 0 unspecified atom stereocenters. The highest BCUT2D eigenvalue weighted by molar-refractivity contribution is 7.66. The van der Waals surface area contributed by atoms with Crippen molar-refractivity contribution >= 4 is 74.8 Å². The van der Waals surface area contributed by atoms with Crippen molar-refractivity contribution in [2.24, 2.45) is 0 Å². The van der Waals surface area contributed by atoms with Crippen molar-refractivity contribution in [3.05, 3.63) is 108 Å². The molecule has 0 aliphatic carbocycles. The fourth-order valence-electron chi connectivity index (χ4n) is 5.17. The topological polar surface area (TPSA) is 0 Å². The zero-order valence-electron chi connectivity index (χ0n) is 24.1. The maximum atomic E-state index is 2.41. The molecule has 196 valence electrons. The van der Waals surface area contributed by atoms with Crippen LogP contribution in [0.15, 0.2) is 97.1 Å². The summed E-state index contributed by atoms with van der Waals surface area (Å²) in [7, 11) is -0.666. The normalized spacial score (nSPS) is 13.5. The van der Waals surface area contributed by atoms with Crippen LogP contribution in [0, 0.1) is 0 Å². The van der Waals surface area contributed by atoms with E-state index in [1.165, 1.54) is 41.9 Å². The fraction of sp³-hybridized carbons (Fsp3) is 0.294. The molecule has 5 aromatic rings. The zero-order chi connectivity index (χ0) is 26.2. The molecule has 0 N–H and O–H groups in total. The number of rotatable bonds is 6. The minimum Gasteiger partial charge on any atom is -0.135 e. The van der Waals surface area contributed by atoms with Crippen molar-refractivity contribution < 1.29 is 0 Å². The lowest BCUT2D eigenvalue weighted by Gasteiger charge is -2.32. The van der Waals surface area contributed by atoms with E-state index in [0.717, 1.165) is 12.3 Å². The smallest absolute Gasteiger partial charge is 0.0391 e. The highest BCUT2D eigenvalue weighted by atomic mass is 32.1. The molecule has 4 aromatic carbocycles. The Morgan fingerprint density at radius 2 is 0.846 bits per heavy atom. The zero-order valence-corrected chi connectivity index (χ0v) is 26.7. The molecule has 0 bridgehead atoms. The standard InChI is InChI=1S/C34H38P2S.2B/c1-33(2,3)35(27-17-9-7-10-18-27)23-25-15-13-21-29-30-22-14-16-26(32(30)37-31(25)29)24-36(34(4,5)6)28-19-11-8-12-20-28;;/h7-22H,23-24H2,1-6H3;;/t35-,36-;;/m0../s1. The largest absolute Gasteiger partial charge is 0.135 e. The maximum Gasteiger partial charge on any atom is 0.0391 e. The molecule has 0 spiro atoms. The van der Waals surface area contributed by atoms with E-state index in [0.29, 0.717) is 0 Å². The van der Waals surface area contributed by atoms with Gasteiger partial charge >= 0.3 is 0 Å². The van der Waals surface area contributed by atoms with Gasteiger partial charge in [-0.25, -0.2) is 0 Å². The first-order valence-electron chi connectivity index (χ1n) is 13.2. The van der Waals surface area contributed by atoms with Gasteiger partial charge in [-0.1, -0.05) is 154 Å². The average molecular weight is 562 g/mol. The third-order valence-corrected chi connectivity index (χ3v) is 14.9. The minimum atomic E-state index is -0.333. The monoisotopic (exact) mass is 562 g/mol. The fourth-order valence-corrected chi connectivity index (χ4v) is 11.8. The Morgan fingerprint density at radius 1 is 0.487 bits per heavy atom. The summed E-state index contributed by atoms with van der Waals surface area (Å²) < 4.78 is 2.97. The predicted molar refractivity (Wildman–Crippen MR) is 184 cm³/mol. The molecule has 6 radical (unpaired) electrons. The summed E-state index contributed by atoms with van der Waals surface area (Å²) in [6.45, 7) is 14.5. The van der Waals surface area contributed by atoms with E-state index in [4.69, 9.17) is 0 Å². The first-order chi connectivity index (χ1) is 17.6. The van der Waals surface area contributed by atoms with Crippen molar-refractivity contribution in [1.82, 2.24) is 0 Å². The molecule has 1 heterocycles. The van der Waals surface area contributed by atoms with Gasteiger partial charge in [0.1, 0.15) is 0 Å². The van der Waals surface area contributed by atoms with Gasteiger partial charge in [0.25, 0.3) is 0 Å². The van der Waals surface area contributed by atoms with Crippen molar-refractivity contribution in [3.8, 4) is 0 Å². The van der Waals surface area contributed by atoms with E-state index >= 15 is 0 Å². The number of hydrogen-bond donors (Lipinski definition) is 0. The van der Waals surface area contributed by atoms with E-state index in [9.17, 15) is 0 Å². The Hall–Kier alpha value is -1.91. The molecule has 0 aliphatic rings. The predicted octanol–water partition coefficient (Wildman–Crippen LogP) is 9.50. The lowest BCUT2D eigenvalue weighted by molar-refractivity contribution is 0.785. The Bertz CT molecular complexity index is 1390. The van der Waals surface area contributed by atoms with Crippen LogP contribution in [0.25, 0.3) is 20.2 Å². The molecule has 0 saturated heterocycles. The highest BCUT2D eigenvalue weighted by Crippen LogP contribution is 2.54. The molecule has 0 amide bonds. The molecular weight excluding hydrogens is 524 g/mol. The Balaban J connectivity index is 0.00000210. The summed E-state index contributed by atoms with van der Waals surface area (Å²) in [6.07, 6.45) is 2.25. The van der Waals surface area contributed by atoms with Crippen molar-refractivity contribution in [2.45, 2.75) is 64.2 Å². The van der Waals surface area contributed by atoms with Gasteiger partial charge in [-0.2, -0.15) is 0 Å². The molecule has 1 aromatic heterocycles. The van der Waals surface area contributed by atoms with Crippen LogP contribution < -0.4 is 10.6 Å². The van der Waals surface area contributed by atoms with Crippen LogP contribution in [0.2, 0.25) is 0 Å². The second kappa shape index (κ2) is 12.7. The number of hydrogen-bond acceptors (Lipinski definition) is 1. The highest BCUT2D eigenvalue weighted by Gasteiger charge is 2.28. The summed E-state index contributed by atoms with van der Waals surface area (Å²) >= 11 is 2.03. The number of fused-ring (bicyclic) bond motifs is 3. The maximum absolute atomic E-state index is 2.41. The van der Waals surface area contributed by atoms with E-state index in [1.807, 2.05) is 11.3 Å². The second-order valence-corrected chi connectivity index (χ2v) is 19.0. The van der Waals surface area contributed by atoms with Crippen molar-refractivity contribution in [2.75, 3.05) is 0 Å². The third-order valence-electron chi connectivity index (χ3n) is 7.10. The lowest BCUT2D eigenvalue weighted by Crippen LogP contribution is -2.20. The Morgan fingerprint density at radius 3 is 1.18 bits per heavy atom. The quantitative estimate of drug-likeness (QED) is 0.143. The average Bonchev–Trinajstić information content (AvgIpc) is 3.26. The van der Waals surface area contributed by atoms with Gasteiger partial charge in [-0.05, 0) is 44.4 Å². The van der Waals surface area contributed by atoms with E-state index in [-0.39, 0.29) is 43.0 Å². The van der Waals surface area contributed by atoms with E-state index < -0.39 is 0 Å². The molecular formula is C34H38B2P2S. The Labute approximate surface area is 246 Å². The SMILES string of the molecule is CC(C)(C)[P@@](Cc1cccc2c1sc1c(C[P@@](c3ccccc3)C(C)(C)C)cccc12)c1ccccc1.[B].[B]. The molecule has 5 rings (SSSR count). The number of benzene rings is 4. The second-order valence-electron chi connectivity index (χ2n) is 11.9. The minimum absolute atomic E-state index is 0. The first-order valence-corrected chi connectivity index (χ1v) is 17.1. The van der Waals surface area contributed by atoms with Crippen LogP contribution >= 0.6 is 27.2 Å². The first kappa shape index (κ1) is 31.6. The molecule has 0 fully saturated rings. The van der Waals surface area contributed by atoms with Gasteiger partial charge in [-0.3, -0.25) is 0 Å². The van der Waals surface area contributed by atoms with Crippen molar-refractivity contribution in [3.63, 3.8) is 0 Å². The van der Waals surface area contributed by atoms with Gasteiger partial charge in [0.05, 0.1) is 0 Å². The van der Waals surface area contributed by atoms with Crippen LogP contribution in [-0.4, -0.2) is 27.1 Å². The summed E-state index contributed by atoms with van der Waals surface area (Å²) in [6, 6.07) is 36.4. The van der Waals surface area contributed by atoms with Gasteiger partial charge < -0.3 is 0 Å². The van der Waals surface area contributed by atoms with Gasteiger partial charge in [-0.15, -0.1) is 11.3 Å². The van der Waals surface area contributed by atoms with Gasteiger partial charge in [0.15, 0.2) is 0 Å². The van der Waals surface area contributed by atoms with Gasteiger partial charge in [0, 0.05) is 37.0 Å². The molecule has 5 heteroatoms. The molecule has 0 aliphatic heterocycles.